The van der Waals surface area contributed by atoms with Gasteiger partial charge in [-0.3, -0.25) is 4.79 Å². The van der Waals surface area contributed by atoms with Gasteiger partial charge in [0.2, 0.25) is 11.7 Å². The number of amides is 1. The van der Waals surface area contributed by atoms with E-state index in [1.807, 2.05) is 12.1 Å². The van der Waals surface area contributed by atoms with E-state index in [-0.39, 0.29) is 24.2 Å². The molecule has 7 nitrogen and oxygen atoms in total. The molecule has 0 saturated carbocycles. The minimum Gasteiger partial charge on any atom is -0.371 e. The fourth-order valence-corrected chi connectivity index (χ4v) is 2.78. The molecule has 24 heavy (non-hydrogen) atoms. The Hall–Kier alpha value is -1.99. The topological polar surface area (TPSA) is 81.9 Å². The van der Waals surface area contributed by atoms with E-state index in [4.69, 9.17) is 16.3 Å². The molecule has 1 atom stereocenters. The monoisotopic (exact) mass is 349 g/mol. The van der Waals surface area contributed by atoms with Crippen LogP contribution < -0.4 is 5.32 Å². The summed E-state index contributed by atoms with van der Waals surface area (Å²) in [6.07, 6.45) is 2.02. The Kier molecular flexibility index (Phi) is 4.82. The number of aromatic nitrogens is 4. The minimum atomic E-state index is -0.164. The number of benzene rings is 1. The Morgan fingerprint density at radius 2 is 2.17 bits per heavy atom. The standard InChI is InChI=1S/C16H20ClN5O2/c1-16(2)8-7-13(24-16)9-18-14(23)10-22-20-15(19-21-22)11-3-5-12(17)6-4-11/h3-6,13H,7-10H2,1-2H3,(H,18,23). The van der Waals surface area contributed by atoms with Crippen LogP contribution in [0.4, 0.5) is 0 Å². The minimum absolute atomic E-state index is 0.0245. The molecule has 2 aromatic rings. The molecule has 0 aliphatic carbocycles. The molecule has 2 heterocycles. The van der Waals surface area contributed by atoms with Crippen molar-refractivity contribution < 1.29 is 9.53 Å². The number of nitrogens with zero attached hydrogens (tertiary/aromatic N) is 4. The molecule has 3 rings (SSSR count). The lowest BCUT2D eigenvalue weighted by Crippen LogP contribution is -2.35. The van der Waals surface area contributed by atoms with E-state index in [9.17, 15) is 4.79 Å². The van der Waals surface area contributed by atoms with Crippen molar-refractivity contribution in [2.45, 2.75) is 44.9 Å². The molecule has 0 radical (unpaired) electrons. The summed E-state index contributed by atoms with van der Waals surface area (Å²) < 4.78 is 5.85. The predicted molar refractivity (Wildman–Crippen MR) is 89.5 cm³/mol. The average Bonchev–Trinajstić information content (AvgIpc) is 3.12. The summed E-state index contributed by atoms with van der Waals surface area (Å²) in [6, 6.07) is 7.13. The molecular weight excluding hydrogens is 330 g/mol. The van der Waals surface area contributed by atoms with Crippen LogP contribution in [0.3, 0.4) is 0 Å². The number of rotatable bonds is 5. The van der Waals surface area contributed by atoms with Crippen molar-refractivity contribution in [3.05, 3.63) is 29.3 Å². The van der Waals surface area contributed by atoms with Crippen LogP contribution in [0.2, 0.25) is 5.02 Å². The molecule has 1 N–H and O–H groups in total. The van der Waals surface area contributed by atoms with Crippen molar-refractivity contribution in [1.82, 2.24) is 25.5 Å². The average molecular weight is 350 g/mol. The number of halogens is 1. The van der Waals surface area contributed by atoms with E-state index in [0.29, 0.717) is 17.4 Å². The van der Waals surface area contributed by atoms with Crippen LogP contribution in [0.1, 0.15) is 26.7 Å². The van der Waals surface area contributed by atoms with Crippen molar-refractivity contribution >= 4 is 17.5 Å². The quantitative estimate of drug-likeness (QED) is 0.893. The zero-order valence-electron chi connectivity index (χ0n) is 13.7. The fraction of sp³-hybridized carbons (Fsp3) is 0.500. The summed E-state index contributed by atoms with van der Waals surface area (Å²) in [5, 5.41) is 15.6. The smallest absolute Gasteiger partial charge is 0.243 e. The highest BCUT2D eigenvalue weighted by Gasteiger charge is 2.31. The highest BCUT2D eigenvalue weighted by Crippen LogP contribution is 2.28. The number of hydrogen-bond donors (Lipinski definition) is 1. The molecule has 1 saturated heterocycles. The first-order valence-corrected chi connectivity index (χ1v) is 8.27. The first kappa shape index (κ1) is 16.9. The van der Waals surface area contributed by atoms with Gasteiger partial charge in [-0.15, -0.1) is 10.2 Å². The van der Waals surface area contributed by atoms with Gasteiger partial charge in [-0.25, -0.2) is 0 Å². The van der Waals surface area contributed by atoms with E-state index in [1.54, 1.807) is 12.1 Å². The summed E-state index contributed by atoms with van der Waals surface area (Å²) >= 11 is 5.85. The molecule has 1 unspecified atom stereocenters. The van der Waals surface area contributed by atoms with Crippen LogP contribution in [-0.2, 0) is 16.1 Å². The molecule has 0 bridgehead atoms. The van der Waals surface area contributed by atoms with Gasteiger partial charge in [-0.1, -0.05) is 11.6 Å². The SMILES string of the molecule is CC1(C)CCC(CNC(=O)Cn2nnc(-c3ccc(Cl)cc3)n2)O1. The van der Waals surface area contributed by atoms with Gasteiger partial charge in [-0.05, 0) is 56.2 Å². The normalized spacial score (nSPS) is 19.4. The molecule has 1 amide bonds. The summed E-state index contributed by atoms with van der Waals surface area (Å²) in [5.41, 5.74) is 0.698. The molecule has 0 spiro atoms. The lowest BCUT2D eigenvalue weighted by molar-refractivity contribution is -0.123. The zero-order chi connectivity index (χ0) is 17.2. The highest BCUT2D eigenvalue weighted by molar-refractivity contribution is 6.30. The lowest BCUT2D eigenvalue weighted by atomic mass is 10.1. The maximum atomic E-state index is 12.0. The molecular formula is C16H20ClN5O2. The maximum absolute atomic E-state index is 12.0. The van der Waals surface area contributed by atoms with E-state index in [0.717, 1.165) is 18.4 Å². The highest BCUT2D eigenvalue weighted by atomic mass is 35.5. The molecule has 1 aliphatic heterocycles. The van der Waals surface area contributed by atoms with Crippen LogP contribution in [0.25, 0.3) is 11.4 Å². The van der Waals surface area contributed by atoms with Crippen molar-refractivity contribution in [2.24, 2.45) is 0 Å². The summed E-state index contributed by atoms with van der Waals surface area (Å²) in [5.74, 6) is 0.295. The van der Waals surface area contributed by atoms with Crippen LogP contribution >= 0.6 is 11.6 Å². The third-order valence-corrected chi connectivity index (χ3v) is 4.17. The van der Waals surface area contributed by atoms with Crippen LogP contribution in [0, 0.1) is 0 Å². The van der Waals surface area contributed by atoms with Gasteiger partial charge in [0.05, 0.1) is 11.7 Å². The molecule has 1 aromatic carbocycles. The number of carbonyl (C=O) groups is 1. The second-order valence-electron chi connectivity index (χ2n) is 6.49. The van der Waals surface area contributed by atoms with Gasteiger partial charge >= 0.3 is 0 Å². The largest absolute Gasteiger partial charge is 0.371 e. The van der Waals surface area contributed by atoms with Gasteiger partial charge < -0.3 is 10.1 Å². The Balaban J connectivity index is 1.51. The van der Waals surface area contributed by atoms with E-state index >= 15 is 0 Å². The van der Waals surface area contributed by atoms with Gasteiger partial charge in [0.15, 0.2) is 0 Å². The summed E-state index contributed by atoms with van der Waals surface area (Å²) in [7, 11) is 0. The van der Waals surface area contributed by atoms with Gasteiger partial charge in [0.25, 0.3) is 0 Å². The predicted octanol–water partition coefficient (Wildman–Crippen LogP) is 2.07. The second-order valence-corrected chi connectivity index (χ2v) is 6.93. The number of tetrazole rings is 1. The molecule has 1 aromatic heterocycles. The third kappa shape index (κ3) is 4.30. The number of nitrogens with one attached hydrogen (secondary N) is 1. The van der Waals surface area contributed by atoms with Crippen LogP contribution in [-0.4, -0.2) is 44.4 Å². The van der Waals surface area contributed by atoms with Gasteiger partial charge in [-0.2, -0.15) is 4.80 Å². The van der Waals surface area contributed by atoms with Crippen LogP contribution in [0.5, 0.6) is 0 Å². The van der Waals surface area contributed by atoms with E-state index in [2.05, 4.69) is 34.6 Å². The van der Waals surface area contributed by atoms with Crippen molar-refractivity contribution in [2.75, 3.05) is 6.54 Å². The summed E-state index contributed by atoms with van der Waals surface area (Å²) in [4.78, 5) is 13.3. The van der Waals surface area contributed by atoms with Crippen LogP contribution in [0.15, 0.2) is 24.3 Å². The number of carbonyl (C=O) groups excluding carboxylic acids is 1. The van der Waals surface area contributed by atoms with E-state index < -0.39 is 0 Å². The fourth-order valence-electron chi connectivity index (χ4n) is 2.66. The second kappa shape index (κ2) is 6.86. The number of ether oxygens (including phenoxy) is 1. The maximum Gasteiger partial charge on any atom is 0.243 e. The third-order valence-electron chi connectivity index (χ3n) is 3.92. The lowest BCUT2D eigenvalue weighted by Gasteiger charge is -2.19. The summed E-state index contributed by atoms with van der Waals surface area (Å²) in [6.45, 7) is 4.65. The van der Waals surface area contributed by atoms with Crippen molar-refractivity contribution in [1.29, 1.82) is 0 Å². The van der Waals surface area contributed by atoms with Gasteiger partial charge in [0.1, 0.15) is 6.54 Å². The zero-order valence-corrected chi connectivity index (χ0v) is 14.5. The Morgan fingerprint density at radius 3 is 2.83 bits per heavy atom. The Bertz CT molecular complexity index is 714. The first-order valence-electron chi connectivity index (χ1n) is 7.89. The van der Waals surface area contributed by atoms with E-state index in [1.165, 1.54) is 4.80 Å². The molecule has 128 valence electrons. The van der Waals surface area contributed by atoms with Crippen molar-refractivity contribution in [3.8, 4) is 11.4 Å². The van der Waals surface area contributed by atoms with Crippen molar-refractivity contribution in [3.63, 3.8) is 0 Å². The number of hydrogen-bond acceptors (Lipinski definition) is 5. The molecule has 8 heteroatoms. The first-order chi connectivity index (χ1) is 11.4. The van der Waals surface area contributed by atoms with Gasteiger partial charge in [0, 0.05) is 17.1 Å². The Morgan fingerprint density at radius 1 is 1.42 bits per heavy atom. The molecule has 1 aliphatic rings. The molecule has 1 fully saturated rings. The Labute approximate surface area is 145 Å².